The van der Waals surface area contributed by atoms with E-state index >= 15 is 0 Å². The van der Waals surface area contributed by atoms with E-state index in [1.807, 2.05) is 0 Å². The van der Waals surface area contributed by atoms with Gasteiger partial charge < -0.3 is 10.0 Å². The number of halogens is 1. The van der Waals surface area contributed by atoms with E-state index in [9.17, 15) is 14.7 Å². The molecule has 0 atom stereocenters. The van der Waals surface area contributed by atoms with Crippen molar-refractivity contribution in [2.75, 3.05) is 7.05 Å². The molecule has 1 aromatic carbocycles. The smallest absolute Gasteiger partial charge is 0.257 e. The first kappa shape index (κ1) is 14.1. The first-order chi connectivity index (χ1) is 8.99. The molecule has 102 valence electrons. The van der Waals surface area contributed by atoms with E-state index in [4.69, 9.17) is 0 Å². The van der Waals surface area contributed by atoms with E-state index in [-0.39, 0.29) is 29.0 Å². The molecular formula is C14H16BrNO3. The van der Waals surface area contributed by atoms with Crippen molar-refractivity contribution in [3.63, 3.8) is 0 Å². The van der Waals surface area contributed by atoms with Gasteiger partial charge in [0.2, 0.25) is 0 Å². The van der Waals surface area contributed by atoms with Crippen LogP contribution in [-0.2, 0) is 4.79 Å². The zero-order valence-electron chi connectivity index (χ0n) is 10.7. The highest BCUT2D eigenvalue weighted by molar-refractivity contribution is 9.10. The molecule has 1 aliphatic carbocycles. The van der Waals surface area contributed by atoms with Crippen molar-refractivity contribution in [3.05, 3.63) is 28.2 Å². The lowest BCUT2D eigenvalue weighted by Crippen LogP contribution is -2.39. The van der Waals surface area contributed by atoms with Crippen LogP contribution >= 0.6 is 15.9 Å². The second-order valence-electron chi connectivity index (χ2n) is 4.85. The van der Waals surface area contributed by atoms with Crippen LogP contribution in [0.25, 0.3) is 0 Å². The van der Waals surface area contributed by atoms with Crippen LogP contribution in [0.3, 0.4) is 0 Å². The van der Waals surface area contributed by atoms with E-state index in [1.54, 1.807) is 24.1 Å². The number of carbonyl (C=O) groups excluding carboxylic acids is 2. The molecule has 0 bridgehead atoms. The van der Waals surface area contributed by atoms with Crippen LogP contribution in [-0.4, -0.2) is 34.8 Å². The molecule has 19 heavy (non-hydrogen) atoms. The maximum absolute atomic E-state index is 12.4. The summed E-state index contributed by atoms with van der Waals surface area (Å²) in [6, 6.07) is 4.87. The molecular weight excluding hydrogens is 310 g/mol. The van der Waals surface area contributed by atoms with Crippen LogP contribution in [0.4, 0.5) is 0 Å². The molecule has 1 aliphatic rings. The minimum absolute atomic E-state index is 0.0214. The molecule has 1 saturated carbocycles. The fourth-order valence-corrected chi connectivity index (χ4v) is 2.71. The Morgan fingerprint density at radius 1 is 1.37 bits per heavy atom. The second-order valence-corrected chi connectivity index (χ2v) is 5.76. The predicted molar refractivity (Wildman–Crippen MR) is 75.2 cm³/mol. The molecule has 0 radical (unpaired) electrons. The van der Waals surface area contributed by atoms with Crippen molar-refractivity contribution in [3.8, 4) is 5.75 Å². The number of ketones is 1. The Morgan fingerprint density at radius 3 is 2.63 bits per heavy atom. The van der Waals surface area contributed by atoms with Gasteiger partial charge >= 0.3 is 0 Å². The molecule has 5 heteroatoms. The minimum atomic E-state index is -0.210. The highest BCUT2D eigenvalue weighted by atomic mass is 79.9. The fraction of sp³-hybridized carbons (Fsp3) is 0.429. The number of carbonyl (C=O) groups is 2. The van der Waals surface area contributed by atoms with E-state index < -0.39 is 0 Å². The van der Waals surface area contributed by atoms with Crippen LogP contribution in [0.1, 0.15) is 36.0 Å². The van der Waals surface area contributed by atoms with Gasteiger partial charge in [0.1, 0.15) is 11.5 Å². The molecule has 1 aromatic rings. The van der Waals surface area contributed by atoms with E-state index in [1.165, 1.54) is 6.07 Å². The maximum Gasteiger partial charge on any atom is 0.257 e. The topological polar surface area (TPSA) is 57.6 Å². The number of rotatable bonds is 2. The van der Waals surface area contributed by atoms with Gasteiger partial charge in [0, 0.05) is 30.4 Å². The van der Waals surface area contributed by atoms with E-state index in [0.717, 1.165) is 4.47 Å². The first-order valence-electron chi connectivity index (χ1n) is 6.26. The van der Waals surface area contributed by atoms with Gasteiger partial charge in [-0.3, -0.25) is 9.59 Å². The third-order valence-corrected chi connectivity index (χ3v) is 4.06. The summed E-state index contributed by atoms with van der Waals surface area (Å²) in [4.78, 5) is 25.2. The average molecular weight is 326 g/mol. The second kappa shape index (κ2) is 5.74. The average Bonchev–Trinajstić information content (AvgIpc) is 2.41. The summed E-state index contributed by atoms with van der Waals surface area (Å²) in [5.41, 5.74) is 0.286. The number of phenolic OH excluding ortho intramolecular Hbond substituents is 1. The fourth-order valence-electron chi connectivity index (χ4n) is 2.35. The molecule has 1 amide bonds. The molecule has 2 rings (SSSR count). The van der Waals surface area contributed by atoms with Gasteiger partial charge in [0.15, 0.2) is 0 Å². The van der Waals surface area contributed by atoms with Crippen molar-refractivity contribution >= 4 is 27.6 Å². The number of amides is 1. The third-order valence-electron chi connectivity index (χ3n) is 3.57. The van der Waals surface area contributed by atoms with Crippen molar-refractivity contribution in [2.45, 2.75) is 31.7 Å². The van der Waals surface area contributed by atoms with Crippen LogP contribution < -0.4 is 0 Å². The number of phenols is 1. The normalized spacial score (nSPS) is 16.4. The number of nitrogens with zero attached hydrogens (tertiary/aromatic N) is 1. The lowest BCUT2D eigenvalue weighted by molar-refractivity contribution is -0.121. The van der Waals surface area contributed by atoms with Gasteiger partial charge in [0.25, 0.3) is 5.91 Å². The van der Waals surface area contributed by atoms with Crippen molar-refractivity contribution < 1.29 is 14.7 Å². The zero-order chi connectivity index (χ0) is 14.0. The largest absolute Gasteiger partial charge is 0.507 e. The number of aromatic hydroxyl groups is 1. The highest BCUT2D eigenvalue weighted by Gasteiger charge is 2.27. The van der Waals surface area contributed by atoms with Gasteiger partial charge in [-0.05, 0) is 31.0 Å². The monoisotopic (exact) mass is 325 g/mol. The van der Waals surface area contributed by atoms with Crippen molar-refractivity contribution in [1.29, 1.82) is 0 Å². The Morgan fingerprint density at radius 2 is 2.00 bits per heavy atom. The summed E-state index contributed by atoms with van der Waals surface area (Å²) in [5.74, 6) is 0.0347. The van der Waals surface area contributed by atoms with Gasteiger partial charge in [-0.2, -0.15) is 0 Å². The van der Waals surface area contributed by atoms with Crippen LogP contribution in [0.2, 0.25) is 0 Å². The Bertz CT molecular complexity index is 505. The molecule has 4 nitrogen and oxygen atoms in total. The quantitative estimate of drug-likeness (QED) is 0.909. The highest BCUT2D eigenvalue weighted by Crippen LogP contribution is 2.26. The van der Waals surface area contributed by atoms with Gasteiger partial charge in [-0.15, -0.1) is 0 Å². The van der Waals surface area contributed by atoms with Crippen molar-refractivity contribution in [1.82, 2.24) is 4.90 Å². The van der Waals surface area contributed by atoms with Crippen molar-refractivity contribution in [2.24, 2.45) is 0 Å². The van der Waals surface area contributed by atoms with E-state index in [0.29, 0.717) is 25.7 Å². The maximum atomic E-state index is 12.4. The number of hydrogen-bond donors (Lipinski definition) is 1. The molecule has 0 unspecified atom stereocenters. The molecule has 0 aliphatic heterocycles. The summed E-state index contributed by atoms with van der Waals surface area (Å²) in [6.45, 7) is 0. The van der Waals surface area contributed by atoms with Gasteiger partial charge in [-0.1, -0.05) is 15.9 Å². The predicted octanol–water partition coefficient (Wildman–Crippen LogP) is 2.74. The Kier molecular flexibility index (Phi) is 4.24. The first-order valence-corrected chi connectivity index (χ1v) is 7.05. The summed E-state index contributed by atoms with van der Waals surface area (Å²) < 4.78 is 0.751. The summed E-state index contributed by atoms with van der Waals surface area (Å²) >= 11 is 3.29. The summed E-state index contributed by atoms with van der Waals surface area (Å²) in [6.07, 6.45) is 2.48. The zero-order valence-corrected chi connectivity index (χ0v) is 12.3. The van der Waals surface area contributed by atoms with Gasteiger partial charge in [-0.25, -0.2) is 0 Å². The van der Waals surface area contributed by atoms with Crippen LogP contribution in [0.5, 0.6) is 5.75 Å². The lowest BCUT2D eigenvalue weighted by atomic mass is 9.93. The van der Waals surface area contributed by atoms with Gasteiger partial charge in [0.05, 0.1) is 5.56 Å². The molecule has 0 spiro atoms. The van der Waals surface area contributed by atoms with Crippen LogP contribution in [0, 0.1) is 0 Å². The number of Topliss-reactive ketones (excluding diaryl/α,β-unsaturated/α-hetero) is 1. The minimum Gasteiger partial charge on any atom is -0.507 e. The SMILES string of the molecule is CN(C(=O)c1cc(Br)ccc1O)C1CCC(=O)CC1. The molecule has 0 aromatic heterocycles. The van der Waals surface area contributed by atoms with Crippen LogP contribution in [0.15, 0.2) is 22.7 Å². The lowest BCUT2D eigenvalue weighted by Gasteiger charge is -2.31. The molecule has 1 fully saturated rings. The summed E-state index contributed by atoms with van der Waals surface area (Å²) in [5, 5.41) is 9.77. The molecule has 0 heterocycles. The Balaban J connectivity index is 2.14. The Labute approximate surface area is 120 Å². The molecule has 0 saturated heterocycles. The van der Waals surface area contributed by atoms with E-state index in [2.05, 4.69) is 15.9 Å². The standard InChI is InChI=1S/C14H16BrNO3/c1-16(10-3-5-11(17)6-4-10)14(19)12-8-9(15)2-7-13(12)18/h2,7-8,10,18H,3-6H2,1H3. The Hall–Kier alpha value is -1.36. The number of benzene rings is 1. The molecule has 1 N–H and O–H groups in total. The number of hydrogen-bond acceptors (Lipinski definition) is 3. The summed E-state index contributed by atoms with van der Waals surface area (Å²) in [7, 11) is 1.73. The third kappa shape index (κ3) is 3.15.